The zero-order valence-corrected chi connectivity index (χ0v) is 64.9. The Balaban J connectivity index is 0.000000137. The summed E-state index contributed by atoms with van der Waals surface area (Å²) in [7, 11) is 8.08. The Morgan fingerprint density at radius 3 is 0.936 bits per heavy atom. The van der Waals surface area contributed by atoms with E-state index in [9.17, 15) is 0 Å². The van der Waals surface area contributed by atoms with Crippen molar-refractivity contribution >= 4 is 114 Å². The van der Waals surface area contributed by atoms with Crippen molar-refractivity contribution in [2.75, 3.05) is 67.4 Å². The summed E-state index contributed by atoms with van der Waals surface area (Å²) in [6.07, 6.45) is 0.199. The molecule has 15 rings (SSSR count). The molecule has 0 saturated carbocycles. The van der Waals surface area contributed by atoms with Gasteiger partial charge in [-0.2, -0.15) is 0 Å². The number of rotatable bonds is 7. The van der Waals surface area contributed by atoms with E-state index < -0.39 is 0 Å². The molecule has 0 saturated heterocycles. The average molecular weight is 1440 g/mol. The summed E-state index contributed by atoms with van der Waals surface area (Å²) in [5.74, 6) is 0. The molecular weight excluding hydrogens is 1350 g/mol. The number of hydrogen-bond acceptors (Lipinski definition) is 8. The Hall–Kier alpha value is -14.3. The van der Waals surface area contributed by atoms with E-state index in [1.807, 2.05) is 107 Å². The van der Waals surface area contributed by atoms with Gasteiger partial charge < -0.3 is 39.2 Å². The maximum Gasteiger partial charge on any atom is 0.202 e. The van der Waals surface area contributed by atoms with E-state index in [0.29, 0.717) is 45.5 Å². The molecule has 0 fully saturated rings. The van der Waals surface area contributed by atoms with E-state index in [2.05, 4.69) is 252 Å². The van der Waals surface area contributed by atoms with Gasteiger partial charge in [0.2, 0.25) is 22.7 Å². The topological polar surface area (TPSA) is 60.8 Å². The third-order valence-electron chi connectivity index (χ3n) is 22.3. The number of hydrogen-bond donors (Lipinski definition) is 0. The summed E-state index contributed by atoms with van der Waals surface area (Å²) >= 11 is 0. The minimum absolute atomic E-state index is 0.0278. The smallest absolute Gasteiger partial charge is 0.202 e. The predicted molar refractivity (Wildman–Crippen MR) is 456 cm³/mol. The number of benzene rings is 11. The van der Waals surface area contributed by atoms with E-state index in [1.165, 1.54) is 44.6 Å². The van der Waals surface area contributed by atoms with Crippen LogP contribution in [0, 0.1) is 108 Å². The van der Waals surface area contributed by atoms with Crippen molar-refractivity contribution in [3.63, 3.8) is 0 Å². The molecule has 16 heteroatoms. The Kier molecular flexibility index (Phi) is 21.3. The van der Waals surface area contributed by atoms with Gasteiger partial charge in [0, 0.05) is 73.6 Å². The summed E-state index contributed by atoms with van der Waals surface area (Å²) in [5.41, 5.74) is 32.7. The molecule has 0 aromatic heterocycles. The van der Waals surface area contributed by atoms with Crippen LogP contribution >= 0.6 is 0 Å². The number of fused-ring (bicyclic) bond motifs is 4. The highest BCUT2D eigenvalue weighted by atomic mass is 15.4. The first-order valence-corrected chi connectivity index (χ1v) is 36.2. The maximum atomic E-state index is 7.72. The third kappa shape index (κ3) is 13.4. The van der Waals surface area contributed by atoms with Crippen LogP contribution < -0.4 is 39.2 Å². The fraction of sp³-hybridized carbons (Fsp3) is 0.213. The Bertz CT molecular complexity index is 5820. The van der Waals surface area contributed by atoms with Crippen molar-refractivity contribution in [1.29, 1.82) is 0 Å². The van der Waals surface area contributed by atoms with E-state index in [1.54, 1.807) is 24.3 Å². The summed E-state index contributed by atoms with van der Waals surface area (Å²) in [6.45, 7) is 85.8. The van der Waals surface area contributed by atoms with E-state index in [0.717, 1.165) is 102 Å². The fourth-order valence-electron chi connectivity index (χ4n) is 15.6. The molecular formula is C94H84N16. The van der Waals surface area contributed by atoms with Crippen molar-refractivity contribution in [3.8, 4) is 33.4 Å². The quantitative estimate of drug-likeness (QED) is 0.146. The molecule has 4 aliphatic rings. The zero-order valence-electron chi connectivity index (χ0n) is 64.9. The van der Waals surface area contributed by atoms with Gasteiger partial charge in [-0.25, -0.2) is 38.8 Å². The number of aryl methyl sites for hydroxylation is 3. The van der Waals surface area contributed by atoms with Crippen LogP contribution in [-0.4, -0.2) is 52.9 Å². The highest BCUT2D eigenvalue weighted by molar-refractivity contribution is 6.02. The molecule has 16 nitrogen and oxygen atoms in total. The second kappa shape index (κ2) is 31.1. The molecule has 540 valence electrons. The van der Waals surface area contributed by atoms with Gasteiger partial charge in [0.15, 0.2) is 22.7 Å². The first-order chi connectivity index (χ1) is 52.9. The van der Waals surface area contributed by atoms with Gasteiger partial charge in [-0.15, -0.1) is 0 Å². The summed E-state index contributed by atoms with van der Waals surface area (Å²) in [6, 6.07) is 64.5. The minimum Gasteiger partial charge on any atom is -0.355 e. The fourth-order valence-corrected chi connectivity index (χ4v) is 15.6. The van der Waals surface area contributed by atoms with Gasteiger partial charge in [-0.1, -0.05) is 127 Å². The van der Waals surface area contributed by atoms with Crippen molar-refractivity contribution in [2.45, 2.75) is 108 Å². The monoisotopic (exact) mass is 1440 g/mol. The molecule has 11 aromatic carbocycles. The molecule has 4 heterocycles. The molecule has 0 radical (unpaired) electrons. The van der Waals surface area contributed by atoms with Gasteiger partial charge in [0.1, 0.15) is 24.7 Å². The number of para-hydroxylation sites is 1. The first kappa shape index (κ1) is 75.4. The largest absolute Gasteiger partial charge is 0.355 e. The lowest BCUT2D eigenvalue weighted by Crippen LogP contribution is -2.36. The molecule has 0 spiro atoms. The average Bonchev–Trinajstić information content (AvgIpc) is 1.58. The van der Waals surface area contributed by atoms with Crippen LogP contribution in [0.4, 0.5) is 114 Å². The summed E-state index contributed by atoms with van der Waals surface area (Å²) in [5, 5.41) is 0. The highest BCUT2D eigenvalue weighted by Gasteiger charge is 2.40. The van der Waals surface area contributed by atoms with Crippen LogP contribution in [0.5, 0.6) is 0 Å². The molecule has 0 bridgehead atoms. The molecule has 110 heavy (non-hydrogen) atoms. The standard InChI is InChI=1S/3C24H20N4.C22H24N4/c1-16-10-9-13-20(18-11-7-6-8-12-18)23(16)28-17(2)27(5)22-15-19(25-3)14-21(26-4)24(22)28;1-16-13-19(18-9-7-6-8-10-18)11-12-22(16)28-17(2)27(5)23-15-20(25-3)14-21(26-4)24(23)28;1-16-11-12-19(18-9-7-6-8-10-18)13-22(16)28-17(2)27(5)23-15-20(25-3)14-21(26-4)24(23)28;1-12-13(2)15(4)21(16(5)14(12)3)26-17(6)25(9)20-11-18(23-7)10-19(24-8)22(20)26/h3*6-15,17H,1-2,5H3;10-11,17H,1-6,9H3/t4*17-/m0000/s1. The van der Waals surface area contributed by atoms with Crippen molar-refractivity contribution < 1.29 is 0 Å². The molecule has 4 aliphatic heterocycles. The lowest BCUT2D eigenvalue weighted by atomic mass is 9.92. The van der Waals surface area contributed by atoms with E-state index in [-0.39, 0.29) is 24.7 Å². The SMILES string of the molecule is [C-]#[N+]c1cc([N+]#[C-])c2c(c1)N(C)[C@H](C)N2c1c(C)c(C)c(C)c(C)c1C.[C-]#[N+]c1cc([N+]#[C-])c2c(c1)N(C)[C@H](C)N2c1c(C)cccc1-c1ccccc1.[C-]#[N+]c1cc([N+]#[C-])c2c(c1)N(C)[C@H](C)N2c1cc(-c2ccccc2)ccc1C.[C-]#[N+]c1cc([N+]#[C-])c2c(c1)N(C)[C@H](C)N2c1ccc(-c2ccccc2)cc1C. The van der Waals surface area contributed by atoms with Crippen LogP contribution in [-0.2, 0) is 0 Å². The van der Waals surface area contributed by atoms with Crippen LogP contribution in [0.2, 0.25) is 0 Å². The molecule has 4 atom stereocenters. The lowest BCUT2D eigenvalue weighted by Gasteiger charge is -2.33. The second-order valence-corrected chi connectivity index (χ2v) is 28.2. The highest BCUT2D eigenvalue weighted by Crippen LogP contribution is 2.58. The summed E-state index contributed by atoms with van der Waals surface area (Å²) < 4.78 is 0. The Labute approximate surface area is 648 Å². The molecule has 0 amide bonds. The second-order valence-electron chi connectivity index (χ2n) is 28.2. The van der Waals surface area contributed by atoms with Crippen molar-refractivity contribution in [3.05, 3.63) is 330 Å². The maximum absolute atomic E-state index is 7.72. The molecule has 11 aromatic rings. The number of anilines is 12. The third-order valence-corrected chi connectivity index (χ3v) is 22.3. The van der Waals surface area contributed by atoms with Crippen LogP contribution in [0.15, 0.2) is 194 Å². The Morgan fingerprint density at radius 2 is 0.564 bits per heavy atom. The van der Waals surface area contributed by atoms with Crippen molar-refractivity contribution in [2.24, 2.45) is 0 Å². The molecule has 0 N–H and O–H groups in total. The zero-order chi connectivity index (χ0) is 78.8. The molecule has 0 aliphatic carbocycles. The molecule has 0 unspecified atom stereocenters. The van der Waals surface area contributed by atoms with Gasteiger partial charge >= 0.3 is 0 Å². The van der Waals surface area contributed by atoms with Gasteiger partial charge in [-0.05, 0) is 222 Å². The van der Waals surface area contributed by atoms with Gasteiger partial charge in [-0.3, -0.25) is 0 Å². The summed E-state index contributed by atoms with van der Waals surface area (Å²) in [4.78, 5) is 46.7. The first-order valence-electron chi connectivity index (χ1n) is 36.2. The van der Waals surface area contributed by atoms with E-state index >= 15 is 0 Å². The van der Waals surface area contributed by atoms with Crippen LogP contribution in [0.25, 0.3) is 72.1 Å². The van der Waals surface area contributed by atoms with E-state index in [4.69, 9.17) is 52.6 Å². The minimum atomic E-state index is 0.0278. The van der Waals surface area contributed by atoms with Crippen molar-refractivity contribution in [1.82, 2.24) is 0 Å². The van der Waals surface area contributed by atoms with Gasteiger partial charge in [0.25, 0.3) is 0 Å². The van der Waals surface area contributed by atoms with Gasteiger partial charge in [0.05, 0.1) is 81.0 Å². The van der Waals surface area contributed by atoms with Crippen LogP contribution in [0.3, 0.4) is 0 Å². The number of nitrogens with zero attached hydrogens (tertiary/aromatic N) is 16. The Morgan fingerprint density at radius 1 is 0.236 bits per heavy atom. The lowest BCUT2D eigenvalue weighted by molar-refractivity contribution is 0.730. The predicted octanol–water partition coefficient (Wildman–Crippen LogP) is 26.4. The normalized spacial score (nSPS) is 15.2. The van der Waals surface area contributed by atoms with Crippen LogP contribution in [0.1, 0.15) is 72.2 Å².